The molecule has 0 amide bonds. The summed E-state index contributed by atoms with van der Waals surface area (Å²) in [6.07, 6.45) is 4.09. The van der Waals surface area contributed by atoms with Crippen LogP contribution in [0.25, 0.3) is 0 Å². The topological polar surface area (TPSA) is 46.2 Å². The van der Waals surface area contributed by atoms with E-state index >= 15 is 0 Å². The molecule has 0 radical (unpaired) electrons. The molecule has 1 aromatic carbocycles. The highest BCUT2D eigenvalue weighted by molar-refractivity contribution is 7.91. The Morgan fingerprint density at radius 2 is 1.84 bits per heavy atom. The van der Waals surface area contributed by atoms with E-state index in [1.807, 2.05) is 0 Å². The fraction of sp³-hybridized carbons (Fsp3) is 0.600. The highest BCUT2D eigenvalue weighted by Gasteiger charge is 2.35. The number of hydrogen-bond acceptors (Lipinski definition) is 3. The van der Waals surface area contributed by atoms with E-state index in [0.29, 0.717) is 0 Å². The van der Waals surface area contributed by atoms with Crippen molar-refractivity contribution < 1.29 is 8.42 Å². The first-order chi connectivity index (χ1) is 8.88. The van der Waals surface area contributed by atoms with Crippen LogP contribution in [-0.2, 0) is 9.84 Å². The molecule has 0 spiro atoms. The van der Waals surface area contributed by atoms with Crippen LogP contribution in [0.5, 0.6) is 0 Å². The fourth-order valence-corrected chi connectivity index (χ4v) is 4.31. The summed E-state index contributed by atoms with van der Waals surface area (Å²) < 4.78 is 23.5. The molecule has 2 rings (SSSR count). The number of rotatable bonds is 4. The van der Waals surface area contributed by atoms with Gasteiger partial charge < -0.3 is 5.32 Å². The van der Waals surface area contributed by atoms with E-state index in [-0.39, 0.29) is 17.3 Å². The Labute approximate surface area is 116 Å². The Kier molecular flexibility index (Phi) is 4.31. The smallest absolute Gasteiger partial charge is 0.151 e. The van der Waals surface area contributed by atoms with E-state index in [1.54, 1.807) is 0 Å². The van der Waals surface area contributed by atoms with Crippen molar-refractivity contribution in [3.05, 3.63) is 35.4 Å². The molecule has 0 saturated heterocycles. The molecule has 0 aromatic heterocycles. The zero-order valence-electron chi connectivity index (χ0n) is 11.9. The molecule has 0 bridgehead atoms. The first-order valence-electron chi connectivity index (χ1n) is 6.89. The Hall–Kier alpha value is -0.870. The molecule has 3 nitrogen and oxygen atoms in total. The molecule has 1 aliphatic carbocycles. The van der Waals surface area contributed by atoms with E-state index in [2.05, 4.69) is 43.4 Å². The predicted molar refractivity (Wildman–Crippen MR) is 79.0 cm³/mol. The summed E-state index contributed by atoms with van der Waals surface area (Å²) in [7, 11) is -2.95. The van der Waals surface area contributed by atoms with E-state index in [0.717, 1.165) is 19.3 Å². The minimum Gasteiger partial charge on any atom is -0.306 e. The normalized spacial score (nSPS) is 25.4. The van der Waals surface area contributed by atoms with Crippen molar-refractivity contribution in [2.45, 2.75) is 50.4 Å². The summed E-state index contributed by atoms with van der Waals surface area (Å²) in [5.41, 5.74) is 2.45. The van der Waals surface area contributed by atoms with Gasteiger partial charge in [-0.3, -0.25) is 0 Å². The summed E-state index contributed by atoms with van der Waals surface area (Å²) in [5.74, 6) is 0. The largest absolute Gasteiger partial charge is 0.306 e. The molecule has 1 aliphatic rings. The quantitative estimate of drug-likeness (QED) is 0.923. The molecule has 1 aromatic rings. The SMILES string of the molecule is Cc1ccc([C@H](C)NC2CCCC2S(C)(=O)=O)cc1. The summed E-state index contributed by atoms with van der Waals surface area (Å²) in [6, 6.07) is 8.68. The molecule has 0 heterocycles. The fourth-order valence-electron chi connectivity index (χ4n) is 2.90. The third-order valence-corrected chi connectivity index (χ3v) is 5.71. The maximum absolute atomic E-state index is 11.8. The molecule has 1 fully saturated rings. The first-order valence-corrected chi connectivity index (χ1v) is 8.85. The molecule has 0 aliphatic heterocycles. The van der Waals surface area contributed by atoms with Gasteiger partial charge in [0, 0.05) is 18.3 Å². The second-order valence-electron chi connectivity index (χ2n) is 5.70. The van der Waals surface area contributed by atoms with Crippen molar-refractivity contribution in [3.63, 3.8) is 0 Å². The highest BCUT2D eigenvalue weighted by atomic mass is 32.2. The Morgan fingerprint density at radius 3 is 2.42 bits per heavy atom. The van der Waals surface area contributed by atoms with E-state index in [1.165, 1.54) is 17.4 Å². The second-order valence-corrected chi connectivity index (χ2v) is 7.97. The maximum atomic E-state index is 11.8. The molecule has 106 valence electrons. The summed E-state index contributed by atoms with van der Waals surface area (Å²) >= 11 is 0. The molecular weight excluding hydrogens is 258 g/mol. The molecule has 1 saturated carbocycles. The van der Waals surface area contributed by atoms with Crippen LogP contribution in [-0.4, -0.2) is 26.0 Å². The molecule has 1 N–H and O–H groups in total. The standard InChI is InChI=1S/C15H23NO2S/c1-11-7-9-13(10-8-11)12(2)16-14-5-4-6-15(14)19(3,17)18/h7-10,12,14-16H,4-6H2,1-3H3/t12-,14?,15?/m0/s1. The van der Waals surface area contributed by atoms with Crippen LogP contribution >= 0.6 is 0 Å². The number of sulfone groups is 1. The average Bonchev–Trinajstić information content (AvgIpc) is 2.77. The molecular formula is C15H23NO2S. The van der Waals surface area contributed by atoms with E-state index < -0.39 is 9.84 Å². The van der Waals surface area contributed by atoms with Gasteiger partial charge in [0.25, 0.3) is 0 Å². The number of benzene rings is 1. The summed E-state index contributed by atoms with van der Waals surface area (Å²) in [5, 5.41) is 3.27. The van der Waals surface area contributed by atoms with Crippen molar-refractivity contribution in [2.24, 2.45) is 0 Å². The molecule has 2 unspecified atom stereocenters. The lowest BCUT2D eigenvalue weighted by molar-refractivity contribution is 0.456. The van der Waals surface area contributed by atoms with Gasteiger partial charge in [-0.25, -0.2) is 8.42 Å². The zero-order valence-corrected chi connectivity index (χ0v) is 12.7. The van der Waals surface area contributed by atoms with Gasteiger partial charge in [0.1, 0.15) is 0 Å². The van der Waals surface area contributed by atoms with Crippen molar-refractivity contribution in [1.29, 1.82) is 0 Å². The Morgan fingerprint density at radius 1 is 1.21 bits per heavy atom. The lowest BCUT2D eigenvalue weighted by atomic mass is 10.1. The van der Waals surface area contributed by atoms with Gasteiger partial charge in [-0.1, -0.05) is 36.2 Å². The van der Waals surface area contributed by atoms with Gasteiger partial charge in [-0.15, -0.1) is 0 Å². The lowest BCUT2D eigenvalue weighted by Gasteiger charge is -2.24. The van der Waals surface area contributed by atoms with Gasteiger partial charge in [-0.2, -0.15) is 0 Å². The van der Waals surface area contributed by atoms with Crippen LogP contribution < -0.4 is 5.32 Å². The second kappa shape index (κ2) is 5.63. The molecule has 3 atom stereocenters. The minimum absolute atomic E-state index is 0.0892. The maximum Gasteiger partial charge on any atom is 0.151 e. The zero-order chi connectivity index (χ0) is 14.0. The van der Waals surface area contributed by atoms with E-state index in [9.17, 15) is 8.42 Å². The highest BCUT2D eigenvalue weighted by Crippen LogP contribution is 2.27. The molecule has 19 heavy (non-hydrogen) atoms. The Balaban J connectivity index is 2.06. The van der Waals surface area contributed by atoms with Gasteiger partial charge in [0.15, 0.2) is 9.84 Å². The minimum atomic E-state index is -2.95. The third kappa shape index (κ3) is 3.57. The van der Waals surface area contributed by atoms with Gasteiger partial charge >= 0.3 is 0 Å². The van der Waals surface area contributed by atoms with Gasteiger partial charge in [0.05, 0.1) is 5.25 Å². The van der Waals surface area contributed by atoms with E-state index in [4.69, 9.17) is 0 Å². The van der Waals surface area contributed by atoms with Crippen LogP contribution in [0, 0.1) is 6.92 Å². The number of aryl methyl sites for hydroxylation is 1. The summed E-state index contributed by atoms with van der Waals surface area (Å²) in [4.78, 5) is 0. The van der Waals surface area contributed by atoms with Crippen LogP contribution in [0.3, 0.4) is 0 Å². The molecule has 4 heteroatoms. The van der Waals surface area contributed by atoms with Crippen LogP contribution in [0.15, 0.2) is 24.3 Å². The van der Waals surface area contributed by atoms with Crippen LogP contribution in [0.1, 0.15) is 43.4 Å². The predicted octanol–water partition coefficient (Wildman–Crippen LogP) is 2.61. The van der Waals surface area contributed by atoms with Gasteiger partial charge in [0.2, 0.25) is 0 Å². The number of hydrogen-bond donors (Lipinski definition) is 1. The van der Waals surface area contributed by atoms with Crippen molar-refractivity contribution in [2.75, 3.05) is 6.26 Å². The Bertz CT molecular complexity index is 522. The van der Waals surface area contributed by atoms with Crippen molar-refractivity contribution in [3.8, 4) is 0 Å². The van der Waals surface area contributed by atoms with Crippen molar-refractivity contribution in [1.82, 2.24) is 5.32 Å². The lowest BCUT2D eigenvalue weighted by Crippen LogP contribution is -2.41. The van der Waals surface area contributed by atoms with Gasteiger partial charge in [-0.05, 0) is 32.3 Å². The van der Waals surface area contributed by atoms with Crippen LogP contribution in [0.2, 0.25) is 0 Å². The van der Waals surface area contributed by atoms with Crippen LogP contribution in [0.4, 0.5) is 0 Å². The summed E-state index contributed by atoms with van der Waals surface area (Å²) in [6.45, 7) is 4.17. The number of nitrogens with one attached hydrogen (secondary N) is 1. The average molecular weight is 281 g/mol. The first kappa shape index (κ1) is 14.5. The monoisotopic (exact) mass is 281 g/mol. The van der Waals surface area contributed by atoms with Crippen molar-refractivity contribution >= 4 is 9.84 Å². The third-order valence-electron chi connectivity index (χ3n) is 4.04.